The molecule has 130 valence electrons. The monoisotopic (exact) mass is 340 g/mol. The second-order valence-corrected chi connectivity index (χ2v) is 6.66. The Labute approximate surface area is 145 Å². The summed E-state index contributed by atoms with van der Waals surface area (Å²) in [4.78, 5) is 6.85. The Bertz CT molecular complexity index is 877. The van der Waals surface area contributed by atoms with Crippen molar-refractivity contribution >= 4 is 11.3 Å². The summed E-state index contributed by atoms with van der Waals surface area (Å²) in [7, 11) is 0. The largest absolute Gasteiger partial charge is 0.388 e. The van der Waals surface area contributed by atoms with Gasteiger partial charge in [0.15, 0.2) is 5.82 Å². The third-order valence-corrected chi connectivity index (χ3v) is 4.89. The van der Waals surface area contributed by atoms with Crippen LogP contribution in [-0.2, 0) is 0 Å². The number of aliphatic hydroxyl groups is 1. The lowest BCUT2D eigenvalue weighted by molar-refractivity contribution is 0.158. The maximum atomic E-state index is 13.1. The second-order valence-electron chi connectivity index (χ2n) is 6.66. The van der Waals surface area contributed by atoms with Crippen LogP contribution < -0.4 is 4.90 Å². The summed E-state index contributed by atoms with van der Waals surface area (Å²) in [5.41, 5.74) is 2.69. The molecule has 2 atom stereocenters. The molecule has 1 aliphatic heterocycles. The van der Waals surface area contributed by atoms with Gasteiger partial charge in [0.1, 0.15) is 11.3 Å². The summed E-state index contributed by atoms with van der Waals surface area (Å²) in [5.74, 6) is 0.627. The molecule has 0 aliphatic carbocycles. The third kappa shape index (κ3) is 3.09. The summed E-state index contributed by atoms with van der Waals surface area (Å²) in [6.07, 6.45) is 5.68. The number of aromatic nitrogens is 3. The maximum Gasteiger partial charge on any atom is 0.154 e. The number of anilines is 1. The van der Waals surface area contributed by atoms with E-state index in [-0.39, 0.29) is 11.9 Å². The molecule has 1 saturated heterocycles. The molecular weight excluding hydrogens is 319 g/mol. The lowest BCUT2D eigenvalue weighted by atomic mass is 10.0. The van der Waals surface area contributed by atoms with Crippen LogP contribution in [0.2, 0.25) is 0 Å². The molecule has 0 radical (unpaired) electrons. The van der Waals surface area contributed by atoms with Gasteiger partial charge in [0.05, 0.1) is 11.8 Å². The van der Waals surface area contributed by atoms with E-state index < -0.39 is 6.10 Å². The quantitative estimate of drug-likeness (QED) is 0.792. The van der Waals surface area contributed by atoms with Crippen molar-refractivity contribution < 1.29 is 9.50 Å². The highest BCUT2D eigenvalue weighted by atomic mass is 19.1. The molecule has 25 heavy (non-hydrogen) atoms. The van der Waals surface area contributed by atoms with E-state index in [1.807, 2.05) is 23.7 Å². The number of hydrogen-bond acceptors (Lipinski definition) is 4. The van der Waals surface area contributed by atoms with E-state index in [0.717, 1.165) is 42.0 Å². The molecular formula is C19H21FN4O. The average molecular weight is 340 g/mol. The zero-order valence-electron chi connectivity index (χ0n) is 14.1. The van der Waals surface area contributed by atoms with Crippen LogP contribution in [0.3, 0.4) is 0 Å². The van der Waals surface area contributed by atoms with Crippen molar-refractivity contribution in [2.24, 2.45) is 0 Å². The van der Waals surface area contributed by atoms with Crippen LogP contribution in [0, 0.1) is 12.7 Å². The van der Waals surface area contributed by atoms with E-state index in [0.29, 0.717) is 6.42 Å². The van der Waals surface area contributed by atoms with Gasteiger partial charge in [-0.3, -0.25) is 0 Å². The zero-order valence-corrected chi connectivity index (χ0v) is 14.1. The summed E-state index contributed by atoms with van der Waals surface area (Å²) < 4.78 is 14.9. The first-order valence-corrected chi connectivity index (χ1v) is 8.63. The van der Waals surface area contributed by atoms with Crippen molar-refractivity contribution in [2.45, 2.75) is 38.3 Å². The summed E-state index contributed by atoms with van der Waals surface area (Å²) >= 11 is 0. The Kier molecular flexibility index (Phi) is 4.13. The molecule has 6 heteroatoms. The van der Waals surface area contributed by atoms with E-state index >= 15 is 0 Å². The number of benzene rings is 1. The normalized spacial score (nSPS) is 18.8. The molecule has 3 heterocycles. The molecule has 5 nitrogen and oxygen atoms in total. The standard InChI is InChI=1S/C19H21FN4O/c1-13-11-17-19(21-8-10-24(17)22-13)23-9-2-3-16(23)12-18(25)14-4-6-15(20)7-5-14/h4-8,10-11,16,18,25H,2-3,9,12H2,1H3. The summed E-state index contributed by atoms with van der Waals surface area (Å²) in [6.45, 7) is 2.88. The fraction of sp³-hybridized carbons (Fsp3) is 0.368. The summed E-state index contributed by atoms with van der Waals surface area (Å²) in [5, 5.41) is 15.0. The highest BCUT2D eigenvalue weighted by Gasteiger charge is 2.29. The van der Waals surface area contributed by atoms with Crippen molar-refractivity contribution in [2.75, 3.05) is 11.4 Å². The Hall–Kier alpha value is -2.47. The van der Waals surface area contributed by atoms with Crippen molar-refractivity contribution in [3.8, 4) is 0 Å². The molecule has 4 rings (SSSR count). The van der Waals surface area contributed by atoms with E-state index in [2.05, 4.69) is 15.0 Å². The second kappa shape index (κ2) is 6.44. The topological polar surface area (TPSA) is 53.7 Å². The average Bonchev–Trinajstić information content (AvgIpc) is 3.20. The minimum atomic E-state index is -0.613. The number of halogens is 1. The fourth-order valence-corrected chi connectivity index (χ4v) is 3.69. The minimum absolute atomic E-state index is 0.203. The zero-order chi connectivity index (χ0) is 17.4. The minimum Gasteiger partial charge on any atom is -0.388 e. The maximum absolute atomic E-state index is 13.1. The van der Waals surface area contributed by atoms with Crippen molar-refractivity contribution in [3.05, 3.63) is 59.8 Å². The Balaban J connectivity index is 1.58. The number of aliphatic hydroxyl groups excluding tert-OH is 1. The molecule has 0 amide bonds. The number of aryl methyl sites for hydroxylation is 1. The van der Waals surface area contributed by atoms with Crippen LogP contribution in [0.25, 0.3) is 5.52 Å². The number of nitrogens with zero attached hydrogens (tertiary/aromatic N) is 4. The van der Waals surface area contributed by atoms with Gasteiger partial charge >= 0.3 is 0 Å². The summed E-state index contributed by atoms with van der Waals surface area (Å²) in [6, 6.07) is 8.32. The predicted molar refractivity (Wildman–Crippen MR) is 94.1 cm³/mol. The van der Waals surface area contributed by atoms with Gasteiger partial charge in [-0.1, -0.05) is 12.1 Å². The lowest BCUT2D eigenvalue weighted by Crippen LogP contribution is -2.31. The number of hydrogen-bond donors (Lipinski definition) is 1. The van der Waals surface area contributed by atoms with Crippen LogP contribution >= 0.6 is 0 Å². The SMILES string of the molecule is Cc1cc2c(N3CCCC3CC(O)c3ccc(F)cc3)nccn2n1. The van der Waals surface area contributed by atoms with Gasteiger partial charge in [-0.05, 0) is 49.9 Å². The van der Waals surface area contributed by atoms with Crippen molar-refractivity contribution in [1.29, 1.82) is 0 Å². The van der Waals surface area contributed by atoms with Gasteiger partial charge < -0.3 is 10.0 Å². The number of rotatable bonds is 4. The molecule has 1 N–H and O–H groups in total. The van der Waals surface area contributed by atoms with Gasteiger partial charge in [0.25, 0.3) is 0 Å². The first-order chi connectivity index (χ1) is 12.1. The van der Waals surface area contributed by atoms with Crippen LogP contribution in [0.15, 0.2) is 42.7 Å². The third-order valence-electron chi connectivity index (χ3n) is 4.89. The molecule has 0 bridgehead atoms. The van der Waals surface area contributed by atoms with Gasteiger partial charge in [-0.2, -0.15) is 5.10 Å². The number of fused-ring (bicyclic) bond motifs is 1. The van der Waals surface area contributed by atoms with Crippen LogP contribution in [0.4, 0.5) is 10.2 Å². The highest BCUT2D eigenvalue weighted by molar-refractivity contribution is 5.69. The van der Waals surface area contributed by atoms with Gasteiger partial charge in [0.2, 0.25) is 0 Å². The molecule has 1 aromatic carbocycles. The molecule has 2 aromatic heterocycles. The molecule has 1 fully saturated rings. The first kappa shape index (κ1) is 16.0. The highest BCUT2D eigenvalue weighted by Crippen LogP contribution is 2.32. The fourth-order valence-electron chi connectivity index (χ4n) is 3.69. The van der Waals surface area contributed by atoms with Gasteiger partial charge in [-0.15, -0.1) is 0 Å². The van der Waals surface area contributed by atoms with E-state index in [9.17, 15) is 9.50 Å². The molecule has 3 aromatic rings. The Morgan fingerprint density at radius 2 is 2.12 bits per heavy atom. The molecule has 2 unspecified atom stereocenters. The van der Waals surface area contributed by atoms with E-state index in [1.165, 1.54) is 12.1 Å². The van der Waals surface area contributed by atoms with Gasteiger partial charge in [0, 0.05) is 25.0 Å². The van der Waals surface area contributed by atoms with Crippen LogP contribution in [-0.4, -0.2) is 32.3 Å². The Morgan fingerprint density at radius 3 is 2.92 bits per heavy atom. The van der Waals surface area contributed by atoms with E-state index in [4.69, 9.17) is 0 Å². The van der Waals surface area contributed by atoms with Crippen LogP contribution in [0.1, 0.15) is 36.6 Å². The smallest absolute Gasteiger partial charge is 0.154 e. The molecule has 0 saturated carbocycles. The molecule has 1 aliphatic rings. The lowest BCUT2D eigenvalue weighted by Gasteiger charge is -2.28. The Morgan fingerprint density at radius 1 is 1.32 bits per heavy atom. The first-order valence-electron chi connectivity index (χ1n) is 8.63. The van der Waals surface area contributed by atoms with Crippen molar-refractivity contribution in [1.82, 2.24) is 14.6 Å². The van der Waals surface area contributed by atoms with Gasteiger partial charge in [-0.25, -0.2) is 13.9 Å². The predicted octanol–water partition coefficient (Wildman–Crippen LogP) is 3.27. The molecule has 0 spiro atoms. The van der Waals surface area contributed by atoms with Crippen molar-refractivity contribution in [3.63, 3.8) is 0 Å². The van der Waals surface area contributed by atoms with E-state index in [1.54, 1.807) is 18.3 Å². The van der Waals surface area contributed by atoms with Crippen LogP contribution in [0.5, 0.6) is 0 Å².